The van der Waals surface area contributed by atoms with Gasteiger partial charge in [-0.2, -0.15) is 5.10 Å². The van der Waals surface area contributed by atoms with Crippen molar-refractivity contribution in [1.29, 1.82) is 0 Å². The molecule has 0 spiro atoms. The highest BCUT2D eigenvalue weighted by Gasteiger charge is 2.03. The number of hydrazone groups is 1. The predicted octanol–water partition coefficient (Wildman–Crippen LogP) is 4.93. The third-order valence-corrected chi connectivity index (χ3v) is 3.61. The van der Waals surface area contributed by atoms with Gasteiger partial charge in [-0.1, -0.05) is 84.9 Å². The average Bonchev–Trinajstić information content (AvgIpc) is 2.70. The molecule has 0 aromatic heterocycles. The van der Waals surface area contributed by atoms with E-state index in [2.05, 4.69) is 15.8 Å². The van der Waals surface area contributed by atoms with Gasteiger partial charge in [0.2, 0.25) is 0 Å². The monoisotopic (exact) mass is 341 g/mol. The van der Waals surface area contributed by atoms with Crippen LogP contribution in [-0.4, -0.2) is 11.7 Å². The Morgan fingerprint density at radius 3 is 2.00 bits per heavy atom. The lowest BCUT2D eigenvalue weighted by atomic mass is 10.1. The van der Waals surface area contributed by atoms with Gasteiger partial charge < -0.3 is 5.32 Å². The molecule has 0 bridgehead atoms. The van der Waals surface area contributed by atoms with Gasteiger partial charge in [-0.05, 0) is 23.8 Å². The highest BCUT2D eigenvalue weighted by molar-refractivity contribution is 6.11. The summed E-state index contributed by atoms with van der Waals surface area (Å²) in [5.41, 5.74) is 5.90. The molecule has 0 aliphatic rings. The Kier molecular flexibility index (Phi) is 5.94. The number of urea groups is 1. The lowest BCUT2D eigenvalue weighted by Crippen LogP contribution is -2.25. The molecule has 0 heterocycles. The molecular weight excluding hydrogens is 322 g/mol. The Morgan fingerprint density at radius 2 is 1.35 bits per heavy atom. The lowest BCUT2D eigenvalue weighted by molar-refractivity contribution is 0.252. The second kappa shape index (κ2) is 8.99. The molecule has 0 radical (unpaired) electrons. The molecule has 26 heavy (non-hydrogen) atoms. The third kappa shape index (κ3) is 5.18. The number of allylic oxidation sites excluding steroid dienone is 1. The number of amides is 2. The number of carbonyl (C=O) groups is 1. The van der Waals surface area contributed by atoms with E-state index >= 15 is 0 Å². The minimum absolute atomic E-state index is 0.391. The number of benzene rings is 3. The van der Waals surface area contributed by atoms with Crippen molar-refractivity contribution in [3.63, 3.8) is 0 Å². The third-order valence-electron chi connectivity index (χ3n) is 3.61. The summed E-state index contributed by atoms with van der Waals surface area (Å²) in [6.45, 7) is 0. The van der Waals surface area contributed by atoms with Crippen LogP contribution < -0.4 is 10.7 Å². The largest absolute Gasteiger partial charge is 0.339 e. The molecule has 3 aromatic rings. The van der Waals surface area contributed by atoms with E-state index in [-0.39, 0.29) is 0 Å². The van der Waals surface area contributed by atoms with Crippen LogP contribution in [0.25, 0.3) is 6.08 Å². The average molecular weight is 341 g/mol. The summed E-state index contributed by atoms with van der Waals surface area (Å²) >= 11 is 0. The first-order chi connectivity index (χ1) is 12.8. The Bertz CT molecular complexity index is 888. The standard InChI is InChI=1S/C22H19N3O/c26-22(23-20-14-8-3-9-15-20)25-24-21(19-12-6-2-7-13-19)17-16-18-10-4-1-5-11-18/h1-17H,(H2,23,25,26)/b17-16+,24-21-. The molecule has 0 aliphatic heterocycles. The zero-order valence-corrected chi connectivity index (χ0v) is 14.2. The molecule has 3 aromatic carbocycles. The van der Waals surface area contributed by atoms with Crippen LogP contribution in [0.5, 0.6) is 0 Å². The first kappa shape index (κ1) is 17.2. The molecule has 4 nitrogen and oxygen atoms in total. The fraction of sp³-hybridized carbons (Fsp3) is 0. The summed E-state index contributed by atoms with van der Waals surface area (Å²) in [6, 6.07) is 28.5. The van der Waals surface area contributed by atoms with Crippen molar-refractivity contribution in [1.82, 2.24) is 5.43 Å². The van der Waals surface area contributed by atoms with Crippen molar-refractivity contribution in [3.05, 3.63) is 108 Å². The topological polar surface area (TPSA) is 53.5 Å². The summed E-state index contributed by atoms with van der Waals surface area (Å²) in [6.07, 6.45) is 3.84. The molecule has 3 rings (SSSR count). The second-order valence-corrected chi connectivity index (χ2v) is 5.54. The number of anilines is 1. The summed E-state index contributed by atoms with van der Waals surface area (Å²) in [5.74, 6) is 0. The highest BCUT2D eigenvalue weighted by atomic mass is 16.2. The molecule has 0 fully saturated rings. The lowest BCUT2D eigenvalue weighted by Gasteiger charge is -2.06. The Balaban J connectivity index is 1.75. The fourth-order valence-corrected chi connectivity index (χ4v) is 2.34. The van der Waals surface area contributed by atoms with Gasteiger partial charge in [0.25, 0.3) is 0 Å². The summed E-state index contributed by atoms with van der Waals surface area (Å²) in [4.78, 5) is 12.1. The minimum atomic E-state index is -0.391. The van der Waals surface area contributed by atoms with E-state index in [0.717, 1.165) is 11.1 Å². The number of hydrogen-bond acceptors (Lipinski definition) is 2. The van der Waals surface area contributed by atoms with Crippen molar-refractivity contribution in [2.75, 3.05) is 5.32 Å². The van der Waals surface area contributed by atoms with Crippen molar-refractivity contribution < 1.29 is 4.79 Å². The summed E-state index contributed by atoms with van der Waals surface area (Å²) < 4.78 is 0. The van der Waals surface area contributed by atoms with Crippen molar-refractivity contribution >= 4 is 23.5 Å². The van der Waals surface area contributed by atoms with Gasteiger partial charge in [0, 0.05) is 11.3 Å². The van der Waals surface area contributed by atoms with E-state index in [0.29, 0.717) is 11.4 Å². The van der Waals surface area contributed by atoms with Crippen LogP contribution >= 0.6 is 0 Å². The molecule has 0 saturated heterocycles. The van der Waals surface area contributed by atoms with Crippen molar-refractivity contribution in [2.24, 2.45) is 5.10 Å². The first-order valence-electron chi connectivity index (χ1n) is 8.29. The smallest absolute Gasteiger partial charge is 0.307 e. The van der Waals surface area contributed by atoms with Gasteiger partial charge in [-0.15, -0.1) is 0 Å². The number of hydrogen-bond donors (Lipinski definition) is 2. The van der Waals surface area contributed by atoms with E-state index in [4.69, 9.17) is 0 Å². The van der Waals surface area contributed by atoms with Gasteiger partial charge in [0.1, 0.15) is 0 Å². The van der Waals surface area contributed by atoms with E-state index in [1.165, 1.54) is 0 Å². The number of carbonyl (C=O) groups excluding carboxylic acids is 1. The molecule has 128 valence electrons. The van der Waals surface area contributed by atoms with Crippen LogP contribution in [0.3, 0.4) is 0 Å². The van der Waals surface area contributed by atoms with Gasteiger partial charge in [-0.25, -0.2) is 10.2 Å². The number of nitrogens with one attached hydrogen (secondary N) is 2. The van der Waals surface area contributed by atoms with Crippen LogP contribution in [0.2, 0.25) is 0 Å². The zero-order chi connectivity index (χ0) is 18.0. The van der Waals surface area contributed by atoms with E-state index in [9.17, 15) is 4.79 Å². The van der Waals surface area contributed by atoms with Gasteiger partial charge in [0.05, 0.1) is 5.71 Å². The van der Waals surface area contributed by atoms with Crippen LogP contribution in [0.4, 0.5) is 10.5 Å². The number of nitrogens with zero attached hydrogens (tertiary/aromatic N) is 1. The van der Waals surface area contributed by atoms with Gasteiger partial charge in [-0.3, -0.25) is 0 Å². The molecule has 0 unspecified atom stereocenters. The first-order valence-corrected chi connectivity index (χ1v) is 8.29. The fourth-order valence-electron chi connectivity index (χ4n) is 2.34. The highest BCUT2D eigenvalue weighted by Crippen LogP contribution is 2.07. The second-order valence-electron chi connectivity index (χ2n) is 5.54. The quantitative estimate of drug-likeness (QED) is 0.502. The summed E-state index contributed by atoms with van der Waals surface area (Å²) in [5, 5.41) is 7.01. The van der Waals surface area contributed by atoms with Crippen LogP contribution in [-0.2, 0) is 0 Å². The zero-order valence-electron chi connectivity index (χ0n) is 14.2. The molecule has 0 atom stereocenters. The van der Waals surface area contributed by atoms with Gasteiger partial charge >= 0.3 is 6.03 Å². The van der Waals surface area contributed by atoms with E-state index in [1.54, 1.807) is 0 Å². The maximum atomic E-state index is 12.1. The van der Waals surface area contributed by atoms with Gasteiger partial charge in [0.15, 0.2) is 0 Å². The van der Waals surface area contributed by atoms with Crippen molar-refractivity contribution in [2.45, 2.75) is 0 Å². The predicted molar refractivity (Wildman–Crippen MR) is 107 cm³/mol. The van der Waals surface area contributed by atoms with E-state index < -0.39 is 6.03 Å². The summed E-state index contributed by atoms with van der Waals surface area (Å²) in [7, 11) is 0. The number of rotatable bonds is 5. The van der Waals surface area contributed by atoms with Crippen LogP contribution in [0.1, 0.15) is 11.1 Å². The Labute approximate surface area is 152 Å². The molecule has 0 aliphatic carbocycles. The SMILES string of the molecule is O=C(N/N=C(/C=C/c1ccccc1)c1ccccc1)Nc1ccccc1. The molecular formula is C22H19N3O. The molecule has 4 heteroatoms. The minimum Gasteiger partial charge on any atom is -0.307 e. The Morgan fingerprint density at radius 1 is 0.769 bits per heavy atom. The molecule has 2 N–H and O–H groups in total. The molecule has 2 amide bonds. The Hall–Kier alpha value is -3.66. The van der Waals surface area contributed by atoms with Crippen LogP contribution in [0.15, 0.2) is 102 Å². The van der Waals surface area contributed by atoms with Crippen LogP contribution in [0, 0.1) is 0 Å². The van der Waals surface area contributed by atoms with E-state index in [1.807, 2.05) is 103 Å². The normalized spacial score (nSPS) is 11.3. The molecule has 0 saturated carbocycles. The number of para-hydroxylation sites is 1. The maximum absolute atomic E-state index is 12.1. The van der Waals surface area contributed by atoms with Crippen molar-refractivity contribution in [3.8, 4) is 0 Å². The maximum Gasteiger partial charge on any atom is 0.339 e.